The molecule has 0 spiro atoms. The molecule has 3 N–H and O–H groups in total. The van der Waals surface area contributed by atoms with Crippen LogP contribution < -0.4 is 16.1 Å². The first kappa shape index (κ1) is 31.7. The number of hydrogen-bond acceptors (Lipinski definition) is 9. The van der Waals surface area contributed by atoms with Crippen LogP contribution in [0.15, 0.2) is 30.5 Å². The lowest BCUT2D eigenvalue weighted by atomic mass is 10.1. The van der Waals surface area contributed by atoms with Crippen molar-refractivity contribution in [3.8, 4) is 0 Å². The van der Waals surface area contributed by atoms with Gasteiger partial charge in [0, 0.05) is 29.5 Å². The van der Waals surface area contributed by atoms with Crippen LogP contribution in [-0.4, -0.2) is 84.5 Å². The van der Waals surface area contributed by atoms with Gasteiger partial charge in [0.25, 0.3) is 0 Å². The summed E-state index contributed by atoms with van der Waals surface area (Å²) in [7, 11) is 6.55. The number of alkyl halides is 3. The van der Waals surface area contributed by atoms with Crippen molar-refractivity contribution in [1.29, 1.82) is 0 Å². The van der Waals surface area contributed by atoms with E-state index in [0.29, 0.717) is 24.0 Å². The van der Waals surface area contributed by atoms with Gasteiger partial charge in [-0.15, -0.1) is 0 Å². The zero-order valence-electron chi connectivity index (χ0n) is 24.0. The molecule has 12 heteroatoms. The van der Waals surface area contributed by atoms with E-state index in [0.717, 1.165) is 25.1 Å². The van der Waals surface area contributed by atoms with Crippen LogP contribution in [0.2, 0.25) is 0 Å². The van der Waals surface area contributed by atoms with Gasteiger partial charge in [0.2, 0.25) is 5.95 Å². The largest absolute Gasteiger partial charge is 0.421 e. The Morgan fingerprint density at radius 1 is 1.10 bits per heavy atom. The Bertz CT molecular complexity index is 1060. The summed E-state index contributed by atoms with van der Waals surface area (Å²) in [6.07, 6.45) is 1.51. The van der Waals surface area contributed by atoms with Gasteiger partial charge < -0.3 is 20.4 Å². The number of halogens is 3. The summed E-state index contributed by atoms with van der Waals surface area (Å²) in [6, 6.07) is 7.02. The molecule has 2 atom stereocenters. The summed E-state index contributed by atoms with van der Waals surface area (Å²) in [5, 5.41) is 5.77. The number of benzene rings is 1. The number of nitrogens with zero attached hydrogens (tertiary/aromatic N) is 4. The lowest BCUT2D eigenvalue weighted by Crippen LogP contribution is -2.40. The summed E-state index contributed by atoms with van der Waals surface area (Å²) in [5.41, 5.74) is 2.97. The molecule has 2 aliphatic rings. The number of carbonyl (C=O) groups excluding carboxylic acids is 1. The molecule has 40 heavy (non-hydrogen) atoms. The van der Waals surface area contributed by atoms with Crippen molar-refractivity contribution in [2.75, 3.05) is 44.9 Å². The minimum Gasteiger partial charge on any atom is -0.364 e. The lowest BCUT2D eigenvalue weighted by molar-refractivity contribution is -0.137. The molecule has 2 unspecified atom stereocenters. The maximum Gasteiger partial charge on any atom is 0.421 e. The van der Waals surface area contributed by atoms with Crippen molar-refractivity contribution in [3.05, 3.63) is 41.6 Å². The molecule has 1 aromatic carbocycles. The normalized spacial score (nSPS) is 20.4. The predicted octanol–water partition coefficient (Wildman–Crippen LogP) is 4.96. The monoisotopic (exact) mass is 565 g/mol. The SMILES string of the molecule is CC(C)NOC1CCCC1Nc1nc(Nc2ccc(C=O)cc2)ncc1C(F)(F)F.CN1CCC(N(C)C)CC1. The van der Waals surface area contributed by atoms with Gasteiger partial charge in [0.15, 0.2) is 0 Å². The second-order valence-electron chi connectivity index (χ2n) is 10.9. The lowest BCUT2D eigenvalue weighted by Gasteiger charge is -2.32. The molecule has 1 aliphatic heterocycles. The summed E-state index contributed by atoms with van der Waals surface area (Å²) in [6.45, 7) is 6.37. The van der Waals surface area contributed by atoms with Crippen molar-refractivity contribution in [2.24, 2.45) is 0 Å². The van der Waals surface area contributed by atoms with Gasteiger partial charge >= 0.3 is 6.18 Å². The predicted molar refractivity (Wildman–Crippen MR) is 151 cm³/mol. The highest BCUT2D eigenvalue weighted by Gasteiger charge is 2.37. The van der Waals surface area contributed by atoms with Crippen LogP contribution in [0.5, 0.6) is 0 Å². The minimum absolute atomic E-state index is 0.0140. The van der Waals surface area contributed by atoms with Gasteiger partial charge in [-0.1, -0.05) is 0 Å². The Morgan fingerprint density at radius 2 is 1.77 bits per heavy atom. The Labute approximate surface area is 234 Å². The van der Waals surface area contributed by atoms with Crippen molar-refractivity contribution >= 4 is 23.7 Å². The number of rotatable bonds is 9. The molecular weight excluding hydrogens is 523 g/mol. The van der Waals surface area contributed by atoms with E-state index in [2.05, 4.69) is 57.0 Å². The molecule has 2 aromatic rings. The summed E-state index contributed by atoms with van der Waals surface area (Å²) in [4.78, 5) is 29.0. The molecule has 1 saturated carbocycles. The Morgan fingerprint density at radius 3 is 2.35 bits per heavy atom. The standard InChI is InChI=1S/C20H24F3N5O2.C8H18N2/c1-12(2)28-30-17-5-3-4-16(17)26-18-15(20(21,22)23)10-24-19(27-18)25-14-8-6-13(11-29)7-9-14;1-9(2)8-4-6-10(3)7-5-8/h6-12,16-17,28H,3-5H2,1-2H3,(H2,24,25,26,27);8H,4-7H2,1-3H3. The molecule has 1 aliphatic carbocycles. The first-order chi connectivity index (χ1) is 19.0. The molecular formula is C28H42F3N7O2. The zero-order valence-corrected chi connectivity index (χ0v) is 24.0. The van der Waals surface area contributed by atoms with E-state index in [9.17, 15) is 18.0 Å². The molecule has 0 amide bonds. The third-order valence-corrected chi connectivity index (χ3v) is 7.05. The van der Waals surface area contributed by atoms with E-state index in [1.165, 1.54) is 25.9 Å². The molecule has 0 bridgehead atoms. The molecule has 0 radical (unpaired) electrons. The topological polar surface area (TPSA) is 94.6 Å². The highest BCUT2D eigenvalue weighted by molar-refractivity contribution is 5.76. The number of piperidine rings is 1. The highest BCUT2D eigenvalue weighted by Crippen LogP contribution is 2.36. The van der Waals surface area contributed by atoms with Gasteiger partial charge in [0.1, 0.15) is 17.7 Å². The summed E-state index contributed by atoms with van der Waals surface area (Å²) < 4.78 is 40.5. The molecule has 1 saturated heterocycles. The Kier molecular flexibility index (Phi) is 11.7. The fourth-order valence-corrected chi connectivity index (χ4v) is 4.68. The minimum atomic E-state index is -4.60. The number of carbonyl (C=O) groups is 1. The van der Waals surface area contributed by atoms with Crippen LogP contribution >= 0.6 is 0 Å². The fourth-order valence-electron chi connectivity index (χ4n) is 4.68. The number of aldehydes is 1. The van der Waals surface area contributed by atoms with Crippen LogP contribution in [0, 0.1) is 0 Å². The molecule has 1 aromatic heterocycles. The van der Waals surface area contributed by atoms with E-state index in [1.54, 1.807) is 24.3 Å². The first-order valence-electron chi connectivity index (χ1n) is 13.8. The van der Waals surface area contributed by atoms with Gasteiger partial charge in [-0.25, -0.2) is 4.98 Å². The smallest absolute Gasteiger partial charge is 0.364 e. The number of likely N-dealkylation sites (tertiary alicyclic amines) is 1. The Balaban J connectivity index is 0.000000371. The number of hydrogen-bond donors (Lipinski definition) is 3. The van der Waals surface area contributed by atoms with Crippen LogP contribution in [-0.2, 0) is 11.0 Å². The van der Waals surface area contributed by atoms with Crippen molar-refractivity contribution in [3.63, 3.8) is 0 Å². The quantitative estimate of drug-likeness (QED) is 0.288. The Hall–Kier alpha value is -2.80. The third kappa shape index (κ3) is 9.69. The molecule has 2 heterocycles. The van der Waals surface area contributed by atoms with E-state index in [1.807, 2.05) is 13.8 Å². The van der Waals surface area contributed by atoms with E-state index in [-0.39, 0.29) is 30.0 Å². The second-order valence-corrected chi connectivity index (χ2v) is 10.9. The number of hydroxylamine groups is 1. The van der Waals surface area contributed by atoms with Crippen molar-refractivity contribution in [2.45, 2.75) is 76.4 Å². The first-order valence-corrected chi connectivity index (χ1v) is 13.8. The maximum absolute atomic E-state index is 13.5. The van der Waals surface area contributed by atoms with Gasteiger partial charge in [-0.2, -0.15) is 23.6 Å². The van der Waals surface area contributed by atoms with Crippen LogP contribution in [0.4, 0.5) is 30.6 Å². The highest BCUT2D eigenvalue weighted by atomic mass is 19.4. The summed E-state index contributed by atoms with van der Waals surface area (Å²) >= 11 is 0. The molecule has 4 rings (SSSR count). The van der Waals surface area contributed by atoms with Crippen molar-refractivity contribution in [1.82, 2.24) is 25.2 Å². The van der Waals surface area contributed by atoms with E-state index < -0.39 is 11.7 Å². The molecule has 222 valence electrons. The van der Waals surface area contributed by atoms with Gasteiger partial charge in [0.05, 0.1) is 12.1 Å². The molecule has 9 nitrogen and oxygen atoms in total. The zero-order chi connectivity index (χ0) is 29.3. The van der Waals surface area contributed by atoms with E-state index in [4.69, 9.17) is 4.84 Å². The van der Waals surface area contributed by atoms with E-state index >= 15 is 0 Å². The van der Waals surface area contributed by atoms with Crippen molar-refractivity contribution < 1.29 is 22.8 Å². The average Bonchev–Trinajstić information content (AvgIpc) is 3.35. The number of anilines is 3. The fraction of sp³-hybridized carbons (Fsp3) is 0.607. The number of aromatic nitrogens is 2. The van der Waals surface area contributed by atoms with Crippen LogP contribution in [0.25, 0.3) is 0 Å². The van der Waals surface area contributed by atoms with Crippen LogP contribution in [0.1, 0.15) is 61.9 Å². The van der Waals surface area contributed by atoms with Crippen LogP contribution in [0.3, 0.4) is 0 Å². The third-order valence-electron chi connectivity index (χ3n) is 7.05. The second kappa shape index (κ2) is 14.7. The molecule has 2 fully saturated rings. The number of nitrogens with one attached hydrogen (secondary N) is 3. The average molecular weight is 566 g/mol. The van der Waals surface area contributed by atoms with Gasteiger partial charge in [-0.05, 0) is 104 Å². The summed E-state index contributed by atoms with van der Waals surface area (Å²) in [5.74, 6) is -0.283. The van der Waals surface area contributed by atoms with Gasteiger partial charge in [-0.3, -0.25) is 9.63 Å². The maximum atomic E-state index is 13.5.